The van der Waals surface area contributed by atoms with Gasteiger partial charge in [-0.2, -0.15) is 5.10 Å². The summed E-state index contributed by atoms with van der Waals surface area (Å²) in [6.45, 7) is 9.11. The van der Waals surface area contributed by atoms with Crippen molar-refractivity contribution >= 4 is 0 Å². The van der Waals surface area contributed by atoms with Crippen molar-refractivity contribution in [3.8, 4) is 0 Å². The van der Waals surface area contributed by atoms with Crippen molar-refractivity contribution in [1.29, 1.82) is 0 Å². The molecule has 0 saturated carbocycles. The summed E-state index contributed by atoms with van der Waals surface area (Å²) in [5.74, 6) is 0. The lowest BCUT2D eigenvalue weighted by molar-refractivity contribution is 0.0465. The Labute approximate surface area is 85.8 Å². The minimum Gasteiger partial charge on any atom is -0.388 e. The van der Waals surface area contributed by atoms with Gasteiger partial charge in [-0.15, -0.1) is 0 Å². The summed E-state index contributed by atoms with van der Waals surface area (Å²) >= 11 is 0. The summed E-state index contributed by atoms with van der Waals surface area (Å²) < 4.78 is 1.84. The third-order valence-electron chi connectivity index (χ3n) is 2.94. The first kappa shape index (κ1) is 11.2. The lowest BCUT2D eigenvalue weighted by Gasteiger charge is -2.28. The second-order valence-electron chi connectivity index (χ2n) is 4.37. The SMILES string of the molecule is CCn1cc(C(O)C(C)(C)CC)cn1. The molecule has 1 rings (SSSR count). The molecule has 3 nitrogen and oxygen atoms in total. The average Bonchev–Trinajstić information content (AvgIpc) is 2.64. The van der Waals surface area contributed by atoms with Crippen LogP contribution in [0.4, 0.5) is 0 Å². The normalized spacial score (nSPS) is 14.4. The van der Waals surface area contributed by atoms with Crippen LogP contribution in [0.2, 0.25) is 0 Å². The molecule has 0 bridgehead atoms. The molecule has 0 spiro atoms. The molecule has 0 fully saturated rings. The molecule has 0 radical (unpaired) electrons. The number of nitrogens with zero attached hydrogens (tertiary/aromatic N) is 2. The largest absolute Gasteiger partial charge is 0.388 e. The van der Waals surface area contributed by atoms with E-state index in [2.05, 4.69) is 25.9 Å². The fraction of sp³-hybridized carbons (Fsp3) is 0.727. The minimum absolute atomic E-state index is 0.0817. The van der Waals surface area contributed by atoms with Crippen molar-refractivity contribution in [1.82, 2.24) is 9.78 Å². The van der Waals surface area contributed by atoms with Crippen molar-refractivity contribution in [2.24, 2.45) is 5.41 Å². The average molecular weight is 196 g/mol. The van der Waals surface area contributed by atoms with E-state index in [0.717, 1.165) is 18.5 Å². The minimum atomic E-state index is -0.423. The molecule has 0 aliphatic rings. The van der Waals surface area contributed by atoms with Gasteiger partial charge in [0.1, 0.15) is 0 Å². The monoisotopic (exact) mass is 196 g/mol. The zero-order chi connectivity index (χ0) is 10.8. The maximum atomic E-state index is 10.1. The molecule has 1 unspecified atom stereocenters. The molecule has 0 amide bonds. The van der Waals surface area contributed by atoms with Crippen LogP contribution in [-0.2, 0) is 6.54 Å². The van der Waals surface area contributed by atoms with Gasteiger partial charge in [0, 0.05) is 18.3 Å². The zero-order valence-electron chi connectivity index (χ0n) is 9.49. The van der Waals surface area contributed by atoms with Crippen LogP contribution in [0, 0.1) is 5.41 Å². The molecule has 1 heterocycles. The topological polar surface area (TPSA) is 38.0 Å². The van der Waals surface area contributed by atoms with Crippen LogP contribution < -0.4 is 0 Å². The molecule has 14 heavy (non-hydrogen) atoms. The van der Waals surface area contributed by atoms with E-state index in [4.69, 9.17) is 0 Å². The number of aromatic nitrogens is 2. The standard InChI is InChI=1S/C11H20N2O/c1-5-11(3,4)10(14)9-7-12-13(6-2)8-9/h7-8,10,14H,5-6H2,1-4H3. The number of hydrogen-bond donors (Lipinski definition) is 1. The van der Waals surface area contributed by atoms with Crippen molar-refractivity contribution in [3.05, 3.63) is 18.0 Å². The van der Waals surface area contributed by atoms with Gasteiger partial charge in [0.25, 0.3) is 0 Å². The highest BCUT2D eigenvalue weighted by Gasteiger charge is 2.27. The number of aryl methyl sites for hydroxylation is 1. The van der Waals surface area contributed by atoms with Gasteiger partial charge in [0.2, 0.25) is 0 Å². The smallest absolute Gasteiger partial charge is 0.0871 e. The fourth-order valence-electron chi connectivity index (χ4n) is 1.34. The van der Waals surface area contributed by atoms with E-state index < -0.39 is 6.10 Å². The molecule has 80 valence electrons. The maximum absolute atomic E-state index is 10.1. The number of aliphatic hydroxyl groups is 1. The van der Waals surface area contributed by atoms with E-state index in [0.29, 0.717) is 0 Å². The molecular formula is C11H20N2O. The molecule has 0 aliphatic heterocycles. The highest BCUT2D eigenvalue weighted by Crippen LogP contribution is 2.35. The van der Waals surface area contributed by atoms with Crippen molar-refractivity contribution < 1.29 is 5.11 Å². The first-order valence-electron chi connectivity index (χ1n) is 5.21. The van der Waals surface area contributed by atoms with E-state index in [1.54, 1.807) is 6.20 Å². The molecule has 1 aromatic rings. The lowest BCUT2D eigenvalue weighted by Crippen LogP contribution is -2.20. The Hall–Kier alpha value is -0.830. The van der Waals surface area contributed by atoms with Gasteiger partial charge in [-0.3, -0.25) is 4.68 Å². The van der Waals surface area contributed by atoms with Crippen LogP contribution in [-0.4, -0.2) is 14.9 Å². The third-order valence-corrected chi connectivity index (χ3v) is 2.94. The summed E-state index contributed by atoms with van der Waals surface area (Å²) in [5.41, 5.74) is 0.834. The Bertz CT molecular complexity index is 291. The van der Waals surface area contributed by atoms with Gasteiger partial charge < -0.3 is 5.11 Å². The zero-order valence-corrected chi connectivity index (χ0v) is 9.49. The molecule has 0 saturated heterocycles. The van der Waals surface area contributed by atoms with Crippen LogP contribution >= 0.6 is 0 Å². The highest BCUT2D eigenvalue weighted by molar-refractivity contribution is 5.10. The van der Waals surface area contributed by atoms with Gasteiger partial charge >= 0.3 is 0 Å². The van der Waals surface area contributed by atoms with E-state index in [9.17, 15) is 5.11 Å². The molecule has 1 aromatic heterocycles. The number of aliphatic hydroxyl groups excluding tert-OH is 1. The first-order valence-corrected chi connectivity index (χ1v) is 5.21. The molecule has 0 aliphatic carbocycles. The second-order valence-corrected chi connectivity index (χ2v) is 4.37. The molecule has 1 N–H and O–H groups in total. The predicted molar refractivity (Wildman–Crippen MR) is 56.9 cm³/mol. The summed E-state index contributed by atoms with van der Waals surface area (Å²) in [4.78, 5) is 0. The Kier molecular flexibility index (Phi) is 3.32. The van der Waals surface area contributed by atoms with E-state index >= 15 is 0 Å². The molecule has 1 atom stereocenters. The Morgan fingerprint density at radius 1 is 1.50 bits per heavy atom. The Morgan fingerprint density at radius 2 is 2.14 bits per heavy atom. The maximum Gasteiger partial charge on any atom is 0.0871 e. The lowest BCUT2D eigenvalue weighted by atomic mass is 9.81. The van der Waals surface area contributed by atoms with Gasteiger partial charge in [-0.25, -0.2) is 0 Å². The summed E-state index contributed by atoms with van der Waals surface area (Å²) in [7, 11) is 0. The van der Waals surface area contributed by atoms with Gasteiger partial charge in [0.15, 0.2) is 0 Å². The Morgan fingerprint density at radius 3 is 2.57 bits per heavy atom. The number of hydrogen-bond acceptors (Lipinski definition) is 2. The predicted octanol–water partition coefficient (Wildman–Crippen LogP) is 2.37. The summed E-state index contributed by atoms with van der Waals surface area (Å²) in [6.07, 6.45) is 4.20. The van der Waals surface area contributed by atoms with Gasteiger partial charge in [0.05, 0.1) is 12.3 Å². The van der Waals surface area contributed by atoms with Crippen molar-refractivity contribution in [3.63, 3.8) is 0 Å². The van der Waals surface area contributed by atoms with Gasteiger partial charge in [-0.1, -0.05) is 20.8 Å². The molecular weight excluding hydrogens is 176 g/mol. The molecule has 0 aromatic carbocycles. The third kappa shape index (κ3) is 2.15. The second kappa shape index (κ2) is 4.13. The van der Waals surface area contributed by atoms with Crippen LogP contribution in [0.15, 0.2) is 12.4 Å². The van der Waals surface area contributed by atoms with Crippen molar-refractivity contribution in [2.75, 3.05) is 0 Å². The summed E-state index contributed by atoms with van der Waals surface area (Å²) in [5, 5.41) is 14.3. The highest BCUT2D eigenvalue weighted by atomic mass is 16.3. The van der Waals surface area contributed by atoms with E-state index in [1.165, 1.54) is 0 Å². The van der Waals surface area contributed by atoms with E-state index in [-0.39, 0.29) is 5.41 Å². The number of rotatable bonds is 4. The molecule has 3 heteroatoms. The van der Waals surface area contributed by atoms with Crippen LogP contribution in [0.1, 0.15) is 45.8 Å². The van der Waals surface area contributed by atoms with Gasteiger partial charge in [-0.05, 0) is 18.8 Å². The van der Waals surface area contributed by atoms with Crippen LogP contribution in [0.3, 0.4) is 0 Å². The first-order chi connectivity index (χ1) is 6.51. The summed E-state index contributed by atoms with van der Waals surface area (Å²) in [6, 6.07) is 0. The quantitative estimate of drug-likeness (QED) is 0.802. The van der Waals surface area contributed by atoms with Crippen molar-refractivity contribution in [2.45, 2.75) is 46.8 Å². The fourth-order valence-corrected chi connectivity index (χ4v) is 1.34. The Balaban J connectivity index is 2.83. The van der Waals surface area contributed by atoms with Crippen LogP contribution in [0.5, 0.6) is 0 Å². The van der Waals surface area contributed by atoms with Crippen LogP contribution in [0.25, 0.3) is 0 Å². The van der Waals surface area contributed by atoms with E-state index in [1.807, 2.05) is 17.8 Å².